The van der Waals surface area contributed by atoms with Crippen molar-refractivity contribution in [1.82, 2.24) is 19.7 Å². The predicted octanol–water partition coefficient (Wildman–Crippen LogP) is 2.20. The van der Waals surface area contributed by atoms with Crippen molar-refractivity contribution in [2.24, 2.45) is 5.41 Å². The number of benzene rings is 1. The largest absolute Gasteiger partial charge is 0.481 e. The number of hydrogen-bond donors (Lipinski definition) is 2. The maximum absolute atomic E-state index is 11.4. The van der Waals surface area contributed by atoms with Gasteiger partial charge in [-0.25, -0.2) is 9.19 Å². The first-order valence-electron chi connectivity index (χ1n) is 7.93. The Morgan fingerprint density at radius 2 is 2.00 bits per heavy atom. The second-order valence-electron chi connectivity index (χ2n) is 6.32. The Hall–Kier alpha value is -2.65. The molecule has 2 aromatic heterocycles. The summed E-state index contributed by atoms with van der Waals surface area (Å²) >= 11 is -2.18. The van der Waals surface area contributed by atoms with Crippen LogP contribution in [0.15, 0.2) is 42.9 Å². The highest BCUT2D eigenvalue weighted by atomic mass is 32.2. The van der Waals surface area contributed by atoms with Gasteiger partial charge in [-0.2, -0.15) is 5.10 Å². The number of carboxylic acid groups (broad SMARTS) is 1. The van der Waals surface area contributed by atoms with Gasteiger partial charge in [-0.05, 0) is 25.5 Å². The summed E-state index contributed by atoms with van der Waals surface area (Å²) in [5, 5.41) is 13.6. The van der Waals surface area contributed by atoms with Crippen LogP contribution >= 0.6 is 0 Å². The molecule has 2 N–H and O–H groups in total. The number of aliphatic carboxylic acids is 1. The van der Waals surface area contributed by atoms with Crippen LogP contribution < -0.4 is 0 Å². The van der Waals surface area contributed by atoms with Crippen LogP contribution in [-0.2, 0) is 22.4 Å². The van der Waals surface area contributed by atoms with E-state index in [1.807, 2.05) is 24.3 Å². The van der Waals surface area contributed by atoms with E-state index in [9.17, 15) is 14.1 Å². The van der Waals surface area contributed by atoms with Crippen molar-refractivity contribution in [3.8, 4) is 11.3 Å². The molecule has 2 atom stereocenters. The van der Waals surface area contributed by atoms with Crippen molar-refractivity contribution in [3.05, 3.63) is 42.9 Å². The zero-order valence-electron chi connectivity index (χ0n) is 14.1. The number of aromatic nitrogens is 4. The lowest BCUT2D eigenvalue weighted by Crippen LogP contribution is -2.34. The molecule has 0 saturated heterocycles. The molecule has 8 nitrogen and oxygen atoms in total. The molecule has 3 aromatic rings. The molecular formula is C17H18N4O4S. The molecule has 0 spiro atoms. The molecular weight excluding hydrogens is 356 g/mol. The average Bonchev–Trinajstić information content (AvgIpc) is 3.08. The molecule has 3 rings (SSSR count). The fourth-order valence-corrected chi connectivity index (χ4v) is 3.40. The van der Waals surface area contributed by atoms with E-state index in [-0.39, 0.29) is 12.2 Å². The smallest absolute Gasteiger partial charge is 0.310 e. The summed E-state index contributed by atoms with van der Waals surface area (Å²) in [6, 6.07) is 7.55. The Bertz CT molecular complexity index is 974. The summed E-state index contributed by atoms with van der Waals surface area (Å²) in [7, 11) is 0. The highest BCUT2D eigenvalue weighted by Gasteiger charge is 2.35. The van der Waals surface area contributed by atoms with Crippen LogP contribution in [-0.4, -0.2) is 45.3 Å². The second kappa shape index (κ2) is 7.30. The highest BCUT2D eigenvalue weighted by Crippen LogP contribution is 2.25. The monoisotopic (exact) mass is 374 g/mol. The molecule has 0 aliphatic rings. The number of fused-ring (bicyclic) bond motifs is 1. The van der Waals surface area contributed by atoms with Crippen molar-refractivity contribution in [3.63, 3.8) is 0 Å². The summed E-state index contributed by atoms with van der Waals surface area (Å²) in [4.78, 5) is 20.4. The zero-order valence-corrected chi connectivity index (χ0v) is 14.9. The number of hydrogen-bond acceptors (Lipinski definition) is 5. The van der Waals surface area contributed by atoms with Crippen molar-refractivity contribution >= 4 is 28.1 Å². The molecule has 2 heterocycles. The Balaban J connectivity index is 1.76. The molecule has 0 bridgehead atoms. The summed E-state index contributed by atoms with van der Waals surface area (Å²) in [5.41, 5.74) is 1.73. The Labute approximate surface area is 152 Å². The number of rotatable bonds is 7. The van der Waals surface area contributed by atoms with Crippen LogP contribution in [0, 0.1) is 5.41 Å². The topological polar surface area (TPSA) is 118 Å². The second-order valence-corrected chi connectivity index (χ2v) is 7.25. The fourth-order valence-electron chi connectivity index (χ4n) is 2.59. The molecule has 0 saturated carbocycles. The number of carboxylic acids is 1. The van der Waals surface area contributed by atoms with E-state index in [4.69, 9.17) is 4.55 Å². The first-order valence-corrected chi connectivity index (χ1v) is 9.20. The molecule has 1 aromatic carbocycles. The third kappa shape index (κ3) is 3.94. The SMILES string of the molecule is C[C@](CCn1cc(-c2cnc3ccccc3n2)cn1)(CS(=O)O)C(=O)O. The van der Waals surface area contributed by atoms with Gasteiger partial charge in [0, 0.05) is 18.3 Å². The molecule has 0 aliphatic carbocycles. The number of para-hydroxylation sites is 2. The van der Waals surface area contributed by atoms with Gasteiger partial charge in [-0.1, -0.05) is 12.1 Å². The molecule has 0 aliphatic heterocycles. The Kier molecular flexibility index (Phi) is 5.10. The highest BCUT2D eigenvalue weighted by molar-refractivity contribution is 7.79. The lowest BCUT2D eigenvalue weighted by Gasteiger charge is -2.22. The van der Waals surface area contributed by atoms with Crippen LogP contribution in [0.5, 0.6) is 0 Å². The quantitative estimate of drug-likeness (QED) is 0.609. The van der Waals surface area contributed by atoms with Gasteiger partial charge in [-0.3, -0.25) is 14.5 Å². The third-order valence-electron chi connectivity index (χ3n) is 4.23. The summed E-state index contributed by atoms with van der Waals surface area (Å²) < 4.78 is 21.7. The number of aryl methyl sites for hydroxylation is 1. The minimum atomic E-state index is -2.18. The van der Waals surface area contributed by atoms with Crippen molar-refractivity contribution < 1.29 is 18.7 Å². The maximum atomic E-state index is 11.4. The average molecular weight is 374 g/mol. The Morgan fingerprint density at radius 1 is 1.27 bits per heavy atom. The standard InChI is InChI=1S/C17H18N4O4S/c1-17(16(22)23,11-26(24)25)6-7-21-10-12(8-19-21)15-9-18-13-4-2-3-5-14(13)20-15/h2-5,8-10H,6-7,11H2,1H3,(H,22,23)(H,24,25)/t17-/m0/s1. The van der Waals surface area contributed by atoms with Crippen LogP contribution in [0.2, 0.25) is 0 Å². The van der Waals surface area contributed by atoms with Crippen LogP contribution in [0.3, 0.4) is 0 Å². The fraction of sp³-hybridized carbons (Fsp3) is 0.294. The van der Waals surface area contributed by atoms with Gasteiger partial charge in [0.05, 0.1) is 40.3 Å². The van der Waals surface area contributed by atoms with Crippen LogP contribution in [0.4, 0.5) is 0 Å². The molecule has 0 radical (unpaired) electrons. The zero-order chi connectivity index (χ0) is 18.7. The van der Waals surface area contributed by atoms with Crippen molar-refractivity contribution in [1.29, 1.82) is 0 Å². The van der Waals surface area contributed by atoms with E-state index in [1.165, 1.54) is 6.92 Å². The molecule has 26 heavy (non-hydrogen) atoms. The van der Waals surface area contributed by atoms with E-state index in [2.05, 4.69) is 15.1 Å². The van der Waals surface area contributed by atoms with Gasteiger partial charge in [0.15, 0.2) is 11.1 Å². The molecule has 136 valence electrons. The summed E-state index contributed by atoms with van der Waals surface area (Å²) in [6.07, 6.45) is 5.25. The minimum absolute atomic E-state index is 0.180. The van der Waals surface area contributed by atoms with E-state index in [0.717, 1.165) is 16.6 Å². The van der Waals surface area contributed by atoms with Gasteiger partial charge in [0.1, 0.15) is 0 Å². The van der Waals surface area contributed by atoms with E-state index < -0.39 is 22.5 Å². The van der Waals surface area contributed by atoms with E-state index >= 15 is 0 Å². The Morgan fingerprint density at radius 3 is 2.69 bits per heavy atom. The van der Waals surface area contributed by atoms with Crippen LogP contribution in [0.1, 0.15) is 13.3 Å². The van der Waals surface area contributed by atoms with Gasteiger partial charge in [-0.15, -0.1) is 0 Å². The molecule has 1 unspecified atom stereocenters. The van der Waals surface area contributed by atoms with Gasteiger partial charge in [0.25, 0.3) is 0 Å². The van der Waals surface area contributed by atoms with E-state index in [1.54, 1.807) is 23.3 Å². The first kappa shape index (κ1) is 18.2. The van der Waals surface area contributed by atoms with Gasteiger partial charge in [0.2, 0.25) is 0 Å². The number of carbonyl (C=O) groups is 1. The molecule has 9 heteroatoms. The maximum Gasteiger partial charge on any atom is 0.310 e. The molecule has 0 amide bonds. The number of nitrogens with zero attached hydrogens (tertiary/aromatic N) is 4. The predicted molar refractivity (Wildman–Crippen MR) is 96.8 cm³/mol. The lowest BCUT2D eigenvalue weighted by atomic mass is 9.89. The minimum Gasteiger partial charge on any atom is -0.481 e. The lowest BCUT2D eigenvalue weighted by molar-refractivity contribution is -0.147. The van der Waals surface area contributed by atoms with Crippen LogP contribution in [0.25, 0.3) is 22.3 Å². The normalized spacial score (nSPS) is 14.8. The first-order chi connectivity index (χ1) is 12.4. The van der Waals surface area contributed by atoms with Gasteiger partial charge >= 0.3 is 5.97 Å². The summed E-state index contributed by atoms with van der Waals surface area (Å²) in [5.74, 6) is -1.43. The van der Waals surface area contributed by atoms with Crippen molar-refractivity contribution in [2.75, 3.05) is 5.75 Å². The summed E-state index contributed by atoms with van der Waals surface area (Å²) in [6.45, 7) is 1.77. The van der Waals surface area contributed by atoms with Gasteiger partial charge < -0.3 is 9.66 Å². The van der Waals surface area contributed by atoms with Crippen molar-refractivity contribution in [2.45, 2.75) is 19.9 Å². The molecule has 0 fully saturated rings. The third-order valence-corrected chi connectivity index (χ3v) is 5.11. The van der Waals surface area contributed by atoms with E-state index in [0.29, 0.717) is 12.2 Å².